The Balaban J connectivity index is 1.46. The Hall–Kier alpha value is -2.60. The van der Waals surface area contributed by atoms with Crippen molar-refractivity contribution in [3.8, 4) is 11.3 Å². The number of piperidine rings is 3. The molecule has 3 aliphatic heterocycles. The van der Waals surface area contributed by atoms with Crippen LogP contribution in [0.1, 0.15) is 30.3 Å². The molecule has 3 N–H and O–H groups in total. The summed E-state index contributed by atoms with van der Waals surface area (Å²) in [5.41, 5.74) is 3.10. The smallest absolute Gasteiger partial charge is 0.267 e. The lowest BCUT2D eigenvalue weighted by molar-refractivity contribution is -0.114. The molecule has 3 saturated heterocycles. The maximum atomic E-state index is 12.6. The second-order valence-corrected chi connectivity index (χ2v) is 7.27. The number of nitrogens with one attached hydrogen (secondary N) is 3. The standard InChI is InChI=1S/C20H24N4O2/c1-13(25)21-16-4-2-3-15(11-16)17-5-6-18(22-17)20(26)23-19-12-24-9-7-14(19)8-10-24/h2-6,11,14,19,22H,7-10,12H2,1H3,(H,21,25)(H,23,26)/t19-/m0/s1. The van der Waals surface area contributed by atoms with Gasteiger partial charge in [-0.15, -0.1) is 0 Å². The molecule has 2 aromatic rings. The molecule has 5 rings (SSSR count). The van der Waals surface area contributed by atoms with Crippen LogP contribution >= 0.6 is 0 Å². The molecule has 6 heteroatoms. The van der Waals surface area contributed by atoms with Crippen molar-refractivity contribution >= 4 is 17.5 Å². The lowest BCUT2D eigenvalue weighted by Crippen LogP contribution is -2.57. The number of fused-ring (bicyclic) bond motifs is 3. The van der Waals surface area contributed by atoms with Crippen LogP contribution in [0.3, 0.4) is 0 Å². The number of aromatic amines is 1. The molecule has 0 saturated carbocycles. The highest BCUT2D eigenvalue weighted by Crippen LogP contribution is 2.28. The molecule has 136 valence electrons. The third-order valence-electron chi connectivity index (χ3n) is 5.40. The van der Waals surface area contributed by atoms with Crippen LogP contribution in [-0.2, 0) is 4.79 Å². The van der Waals surface area contributed by atoms with Gasteiger partial charge in [0.2, 0.25) is 5.91 Å². The zero-order chi connectivity index (χ0) is 18.1. The number of benzene rings is 1. The Labute approximate surface area is 153 Å². The van der Waals surface area contributed by atoms with E-state index in [1.165, 1.54) is 19.8 Å². The number of hydrogen-bond donors (Lipinski definition) is 3. The molecule has 0 spiro atoms. The minimum Gasteiger partial charge on any atom is -0.351 e. The second-order valence-electron chi connectivity index (χ2n) is 7.27. The third-order valence-corrected chi connectivity index (χ3v) is 5.40. The predicted molar refractivity (Wildman–Crippen MR) is 101 cm³/mol. The molecule has 0 unspecified atom stereocenters. The number of carbonyl (C=O) groups excluding carboxylic acids is 2. The summed E-state index contributed by atoms with van der Waals surface area (Å²) in [6.45, 7) is 4.77. The number of aromatic nitrogens is 1. The molecule has 2 bridgehead atoms. The van der Waals surface area contributed by atoms with Crippen LogP contribution < -0.4 is 10.6 Å². The Morgan fingerprint density at radius 1 is 1.15 bits per heavy atom. The quantitative estimate of drug-likeness (QED) is 0.791. The van der Waals surface area contributed by atoms with Gasteiger partial charge in [0.05, 0.1) is 0 Å². The molecule has 6 nitrogen and oxygen atoms in total. The number of carbonyl (C=O) groups is 2. The highest BCUT2D eigenvalue weighted by molar-refractivity contribution is 5.94. The number of rotatable bonds is 4. The van der Waals surface area contributed by atoms with Crippen LogP contribution in [-0.4, -0.2) is 47.4 Å². The molecule has 1 aromatic heterocycles. The van der Waals surface area contributed by atoms with E-state index in [1.54, 1.807) is 0 Å². The van der Waals surface area contributed by atoms with Crippen LogP contribution in [0.4, 0.5) is 5.69 Å². The first-order valence-electron chi connectivity index (χ1n) is 9.19. The largest absolute Gasteiger partial charge is 0.351 e. The summed E-state index contributed by atoms with van der Waals surface area (Å²) in [7, 11) is 0. The van der Waals surface area contributed by atoms with E-state index in [9.17, 15) is 9.59 Å². The molecule has 0 aliphatic carbocycles. The maximum absolute atomic E-state index is 12.6. The fourth-order valence-corrected chi connectivity index (χ4v) is 4.04. The second kappa shape index (κ2) is 6.96. The lowest BCUT2D eigenvalue weighted by Gasteiger charge is -2.44. The van der Waals surface area contributed by atoms with Crippen LogP contribution in [0.5, 0.6) is 0 Å². The molecule has 2 amide bonds. The summed E-state index contributed by atoms with van der Waals surface area (Å²) >= 11 is 0. The molecular formula is C20H24N4O2. The minimum absolute atomic E-state index is 0.0481. The summed E-state index contributed by atoms with van der Waals surface area (Å²) < 4.78 is 0. The van der Waals surface area contributed by atoms with Gasteiger partial charge < -0.3 is 20.5 Å². The first-order valence-corrected chi connectivity index (χ1v) is 9.19. The van der Waals surface area contributed by atoms with Gasteiger partial charge in [-0.3, -0.25) is 9.59 Å². The molecular weight excluding hydrogens is 328 g/mol. The van der Waals surface area contributed by atoms with Crippen molar-refractivity contribution in [3.63, 3.8) is 0 Å². The molecule has 0 radical (unpaired) electrons. The lowest BCUT2D eigenvalue weighted by atomic mass is 9.84. The Kier molecular flexibility index (Phi) is 4.51. The zero-order valence-electron chi connectivity index (χ0n) is 14.9. The van der Waals surface area contributed by atoms with Crippen LogP contribution in [0.2, 0.25) is 0 Å². The average molecular weight is 352 g/mol. The molecule has 4 heterocycles. The summed E-state index contributed by atoms with van der Waals surface area (Å²) in [6.07, 6.45) is 2.35. The first kappa shape index (κ1) is 16.8. The van der Waals surface area contributed by atoms with Gasteiger partial charge in [-0.05, 0) is 61.7 Å². The number of anilines is 1. The van der Waals surface area contributed by atoms with Gasteiger partial charge in [0.1, 0.15) is 5.69 Å². The van der Waals surface area contributed by atoms with Crippen LogP contribution in [0.25, 0.3) is 11.3 Å². The van der Waals surface area contributed by atoms with Gasteiger partial charge in [-0.2, -0.15) is 0 Å². The van der Waals surface area contributed by atoms with Crippen molar-refractivity contribution in [2.24, 2.45) is 5.92 Å². The van der Waals surface area contributed by atoms with Crippen molar-refractivity contribution in [2.45, 2.75) is 25.8 Å². The molecule has 26 heavy (non-hydrogen) atoms. The number of hydrogen-bond acceptors (Lipinski definition) is 3. The van der Waals surface area contributed by atoms with Crippen LogP contribution in [0, 0.1) is 5.92 Å². The van der Waals surface area contributed by atoms with E-state index in [4.69, 9.17) is 0 Å². The summed E-state index contributed by atoms with van der Waals surface area (Å²) in [6, 6.07) is 11.5. The van der Waals surface area contributed by atoms with Crippen LogP contribution in [0.15, 0.2) is 36.4 Å². The highest BCUT2D eigenvalue weighted by Gasteiger charge is 2.35. The first-order chi connectivity index (χ1) is 12.6. The summed E-state index contributed by atoms with van der Waals surface area (Å²) in [4.78, 5) is 29.5. The van der Waals surface area contributed by atoms with Crippen molar-refractivity contribution < 1.29 is 9.59 Å². The fourth-order valence-electron chi connectivity index (χ4n) is 4.04. The van der Waals surface area contributed by atoms with E-state index in [0.29, 0.717) is 11.6 Å². The van der Waals surface area contributed by atoms with Crippen molar-refractivity contribution in [2.75, 3.05) is 25.0 Å². The number of amides is 2. The predicted octanol–water partition coefficient (Wildman–Crippen LogP) is 2.46. The minimum atomic E-state index is -0.105. The zero-order valence-corrected chi connectivity index (χ0v) is 14.9. The number of nitrogens with zero attached hydrogens (tertiary/aromatic N) is 1. The van der Waals surface area contributed by atoms with Gasteiger partial charge >= 0.3 is 0 Å². The molecule has 3 aliphatic rings. The van der Waals surface area contributed by atoms with Gasteiger partial charge in [-0.25, -0.2) is 0 Å². The molecule has 3 fully saturated rings. The Bertz CT molecular complexity index is 821. The van der Waals surface area contributed by atoms with Gasteiger partial charge in [0, 0.05) is 30.9 Å². The highest BCUT2D eigenvalue weighted by atomic mass is 16.2. The van der Waals surface area contributed by atoms with E-state index in [0.717, 1.165) is 36.6 Å². The topological polar surface area (TPSA) is 77.2 Å². The van der Waals surface area contributed by atoms with Crippen molar-refractivity contribution in [3.05, 3.63) is 42.1 Å². The fraction of sp³-hybridized carbons (Fsp3) is 0.400. The van der Waals surface area contributed by atoms with E-state index in [2.05, 4.69) is 20.5 Å². The summed E-state index contributed by atoms with van der Waals surface area (Å²) in [5, 5.41) is 5.98. The van der Waals surface area contributed by atoms with Crippen molar-refractivity contribution in [1.82, 2.24) is 15.2 Å². The third kappa shape index (κ3) is 3.51. The Morgan fingerprint density at radius 3 is 2.65 bits per heavy atom. The maximum Gasteiger partial charge on any atom is 0.267 e. The van der Waals surface area contributed by atoms with Gasteiger partial charge in [0.15, 0.2) is 0 Å². The van der Waals surface area contributed by atoms with Gasteiger partial charge in [0.25, 0.3) is 5.91 Å². The van der Waals surface area contributed by atoms with E-state index in [1.807, 2.05) is 36.4 Å². The van der Waals surface area contributed by atoms with E-state index < -0.39 is 0 Å². The SMILES string of the molecule is CC(=O)Nc1cccc(-c2ccc(C(=O)N[C@H]3CN4CCC3CC4)[nH]2)c1. The molecule has 1 atom stereocenters. The van der Waals surface area contributed by atoms with Gasteiger partial charge in [-0.1, -0.05) is 12.1 Å². The van der Waals surface area contributed by atoms with E-state index in [-0.39, 0.29) is 17.9 Å². The van der Waals surface area contributed by atoms with Crippen molar-refractivity contribution in [1.29, 1.82) is 0 Å². The number of H-pyrrole nitrogens is 1. The average Bonchev–Trinajstić information content (AvgIpc) is 3.13. The summed E-state index contributed by atoms with van der Waals surface area (Å²) in [5.74, 6) is 0.451. The molecule has 1 aromatic carbocycles. The van der Waals surface area contributed by atoms with E-state index >= 15 is 0 Å². The Morgan fingerprint density at radius 2 is 1.96 bits per heavy atom. The normalized spacial score (nSPS) is 24.3. The monoisotopic (exact) mass is 352 g/mol.